The molecule has 144 valence electrons. The smallest absolute Gasteiger partial charge is 0.325 e. The van der Waals surface area contributed by atoms with E-state index in [1.807, 2.05) is 0 Å². The number of carbonyl (C=O) groups is 3. The molecule has 3 rings (SSSR count). The van der Waals surface area contributed by atoms with Gasteiger partial charge in [-0.25, -0.2) is 4.39 Å². The third-order valence-electron chi connectivity index (χ3n) is 3.93. The lowest BCUT2D eigenvalue weighted by molar-refractivity contribution is -0.141. The Morgan fingerprint density at radius 2 is 1.96 bits per heavy atom. The first-order valence-corrected chi connectivity index (χ1v) is 8.32. The van der Waals surface area contributed by atoms with E-state index in [2.05, 4.69) is 5.32 Å². The van der Waals surface area contributed by atoms with Gasteiger partial charge in [-0.05, 0) is 42.8 Å². The fraction of sp³-hybridized carbons (Fsp3) is 0.150. The van der Waals surface area contributed by atoms with Crippen molar-refractivity contribution in [1.82, 2.24) is 5.32 Å². The zero-order chi connectivity index (χ0) is 20.3. The molecule has 8 heteroatoms. The monoisotopic (exact) mass is 385 g/mol. The van der Waals surface area contributed by atoms with E-state index in [-0.39, 0.29) is 35.5 Å². The Bertz CT molecular complexity index is 967. The van der Waals surface area contributed by atoms with E-state index in [1.54, 1.807) is 0 Å². The van der Waals surface area contributed by atoms with Crippen LogP contribution in [0, 0.1) is 5.82 Å². The lowest BCUT2D eigenvalue weighted by atomic mass is 10.1. The Morgan fingerprint density at radius 1 is 1.25 bits per heavy atom. The molecule has 1 aliphatic rings. The van der Waals surface area contributed by atoms with E-state index >= 15 is 0 Å². The van der Waals surface area contributed by atoms with Crippen LogP contribution < -0.4 is 14.8 Å². The third kappa shape index (κ3) is 4.35. The van der Waals surface area contributed by atoms with Gasteiger partial charge < -0.3 is 19.9 Å². The Kier molecular flexibility index (Phi) is 5.39. The molecular formula is C20H16FNO6. The fourth-order valence-corrected chi connectivity index (χ4v) is 2.46. The van der Waals surface area contributed by atoms with Crippen molar-refractivity contribution in [2.45, 2.75) is 13.0 Å². The number of allylic oxidation sites excluding steroid dienone is 1. The number of nitrogens with one attached hydrogen (secondary N) is 1. The number of carboxylic acid groups (broad SMARTS) is 1. The van der Waals surface area contributed by atoms with Gasteiger partial charge in [0, 0.05) is 6.07 Å². The van der Waals surface area contributed by atoms with Gasteiger partial charge in [0.25, 0.3) is 5.91 Å². The average Bonchev–Trinajstić information content (AvgIpc) is 2.97. The molecule has 0 saturated heterocycles. The minimum atomic E-state index is -1.15. The number of halogens is 1. The number of hydrogen-bond acceptors (Lipinski definition) is 5. The molecule has 2 aromatic carbocycles. The molecular weight excluding hydrogens is 369 g/mol. The molecule has 7 nitrogen and oxygen atoms in total. The van der Waals surface area contributed by atoms with E-state index in [9.17, 15) is 18.8 Å². The van der Waals surface area contributed by atoms with Crippen LogP contribution in [0.2, 0.25) is 0 Å². The van der Waals surface area contributed by atoms with E-state index in [1.165, 1.54) is 55.5 Å². The third-order valence-corrected chi connectivity index (χ3v) is 3.93. The van der Waals surface area contributed by atoms with Crippen LogP contribution >= 0.6 is 0 Å². The lowest BCUT2D eigenvalue weighted by Crippen LogP contribution is -2.40. The molecule has 0 radical (unpaired) electrons. The zero-order valence-corrected chi connectivity index (χ0v) is 14.8. The van der Waals surface area contributed by atoms with Crippen LogP contribution in [0.25, 0.3) is 6.08 Å². The quantitative estimate of drug-likeness (QED) is 0.741. The summed E-state index contributed by atoms with van der Waals surface area (Å²) in [6.45, 7) is 0.951. The molecule has 0 saturated carbocycles. The molecule has 0 spiro atoms. The Labute approximate surface area is 159 Å². The van der Waals surface area contributed by atoms with Crippen LogP contribution in [0.3, 0.4) is 0 Å². The first-order chi connectivity index (χ1) is 13.3. The fourth-order valence-electron chi connectivity index (χ4n) is 2.46. The molecule has 0 aromatic heterocycles. The number of aliphatic carboxylic acids is 1. The highest BCUT2D eigenvalue weighted by molar-refractivity contribution is 6.14. The minimum absolute atomic E-state index is 0.0896. The summed E-state index contributed by atoms with van der Waals surface area (Å²) in [5.41, 5.74) is 0.947. The highest BCUT2D eigenvalue weighted by atomic mass is 19.1. The molecule has 2 N–H and O–H groups in total. The number of Topliss-reactive ketones (excluding diaryl/α,β-unsaturated/α-hetero) is 1. The van der Waals surface area contributed by atoms with Crippen molar-refractivity contribution in [1.29, 1.82) is 0 Å². The summed E-state index contributed by atoms with van der Waals surface area (Å²) in [5.74, 6) is -1.80. The van der Waals surface area contributed by atoms with E-state index < -0.39 is 17.9 Å². The number of ketones is 1. The van der Waals surface area contributed by atoms with Crippen molar-refractivity contribution in [3.8, 4) is 11.5 Å². The SMILES string of the molecule is CC(NC(=O)COc1ccc2c(c1)OC(=Cc1ccc(F)cc1)C2=O)C(=O)O. The number of hydrogen-bond donors (Lipinski definition) is 2. The number of fused-ring (bicyclic) bond motifs is 1. The van der Waals surface area contributed by atoms with E-state index in [0.29, 0.717) is 11.1 Å². The van der Waals surface area contributed by atoms with Crippen molar-refractivity contribution in [3.05, 3.63) is 65.2 Å². The highest BCUT2D eigenvalue weighted by Gasteiger charge is 2.27. The van der Waals surface area contributed by atoms with Crippen LogP contribution in [0.4, 0.5) is 4.39 Å². The van der Waals surface area contributed by atoms with Gasteiger partial charge >= 0.3 is 5.97 Å². The molecule has 28 heavy (non-hydrogen) atoms. The largest absolute Gasteiger partial charge is 0.484 e. The number of rotatable bonds is 6. The molecule has 1 heterocycles. The van der Waals surface area contributed by atoms with Gasteiger partial charge in [0.1, 0.15) is 23.4 Å². The minimum Gasteiger partial charge on any atom is -0.484 e. The molecule has 1 atom stereocenters. The van der Waals surface area contributed by atoms with E-state index in [0.717, 1.165) is 0 Å². The average molecular weight is 385 g/mol. The first kappa shape index (κ1) is 19.1. The molecule has 1 aliphatic heterocycles. The van der Waals surface area contributed by atoms with Gasteiger partial charge in [0.2, 0.25) is 5.78 Å². The van der Waals surface area contributed by atoms with Gasteiger partial charge in [-0.1, -0.05) is 12.1 Å². The number of benzene rings is 2. The normalized spacial score (nSPS) is 14.9. The van der Waals surface area contributed by atoms with Gasteiger partial charge in [-0.15, -0.1) is 0 Å². The molecule has 2 aromatic rings. The maximum absolute atomic E-state index is 13.0. The summed E-state index contributed by atoms with van der Waals surface area (Å²) in [5, 5.41) is 11.0. The van der Waals surface area contributed by atoms with Gasteiger partial charge in [-0.2, -0.15) is 0 Å². The summed E-state index contributed by atoms with van der Waals surface area (Å²) in [6.07, 6.45) is 1.50. The van der Waals surface area contributed by atoms with Crippen LogP contribution in [-0.4, -0.2) is 35.4 Å². The maximum Gasteiger partial charge on any atom is 0.325 e. The summed E-state index contributed by atoms with van der Waals surface area (Å²) in [7, 11) is 0. The molecule has 0 fully saturated rings. The Hall–Kier alpha value is -3.68. The summed E-state index contributed by atoms with van der Waals surface area (Å²) < 4.78 is 23.9. The molecule has 0 bridgehead atoms. The first-order valence-electron chi connectivity index (χ1n) is 8.32. The standard InChI is InChI=1S/C20H16FNO6/c1-11(20(25)26)22-18(23)10-27-14-6-7-15-16(9-14)28-17(19(15)24)8-12-2-4-13(21)5-3-12/h2-9,11H,10H2,1H3,(H,22,23)(H,25,26). The molecule has 1 unspecified atom stereocenters. The van der Waals surface area contributed by atoms with Gasteiger partial charge in [-0.3, -0.25) is 14.4 Å². The number of carboxylic acids is 1. The predicted octanol–water partition coefficient (Wildman–Crippen LogP) is 2.41. The summed E-state index contributed by atoms with van der Waals surface area (Å²) in [6, 6.07) is 9.05. The number of amides is 1. The number of carbonyl (C=O) groups excluding carboxylic acids is 2. The van der Waals surface area contributed by atoms with Gasteiger partial charge in [0.05, 0.1) is 5.56 Å². The second-order valence-electron chi connectivity index (χ2n) is 6.07. The second kappa shape index (κ2) is 7.91. The Morgan fingerprint density at radius 3 is 2.64 bits per heavy atom. The molecule has 0 aliphatic carbocycles. The van der Waals surface area contributed by atoms with Crippen molar-refractivity contribution in [2.24, 2.45) is 0 Å². The topological polar surface area (TPSA) is 102 Å². The summed E-state index contributed by atoms with van der Waals surface area (Å²) >= 11 is 0. The van der Waals surface area contributed by atoms with Crippen LogP contribution in [0.15, 0.2) is 48.2 Å². The van der Waals surface area contributed by atoms with Crippen LogP contribution in [0.1, 0.15) is 22.8 Å². The van der Waals surface area contributed by atoms with Crippen molar-refractivity contribution >= 4 is 23.7 Å². The summed E-state index contributed by atoms with van der Waals surface area (Å²) in [4.78, 5) is 34.8. The lowest BCUT2D eigenvalue weighted by Gasteiger charge is -2.10. The van der Waals surface area contributed by atoms with Crippen LogP contribution in [0.5, 0.6) is 11.5 Å². The highest BCUT2D eigenvalue weighted by Crippen LogP contribution is 2.34. The van der Waals surface area contributed by atoms with Crippen molar-refractivity contribution in [3.63, 3.8) is 0 Å². The number of ether oxygens (including phenoxy) is 2. The molecule has 1 amide bonds. The zero-order valence-electron chi connectivity index (χ0n) is 14.8. The maximum atomic E-state index is 13.0. The Balaban J connectivity index is 1.67. The van der Waals surface area contributed by atoms with Crippen molar-refractivity contribution < 1.29 is 33.4 Å². The van der Waals surface area contributed by atoms with Gasteiger partial charge in [0.15, 0.2) is 12.4 Å². The second-order valence-corrected chi connectivity index (χ2v) is 6.07. The predicted molar refractivity (Wildman–Crippen MR) is 96.5 cm³/mol. The van der Waals surface area contributed by atoms with E-state index in [4.69, 9.17) is 14.6 Å². The van der Waals surface area contributed by atoms with Crippen molar-refractivity contribution in [2.75, 3.05) is 6.61 Å². The van der Waals surface area contributed by atoms with Crippen LogP contribution in [-0.2, 0) is 9.59 Å².